The molecule has 0 radical (unpaired) electrons. The summed E-state index contributed by atoms with van der Waals surface area (Å²) in [4.78, 5) is 29.3. The number of methoxy groups -OCH3 is 2. The quantitative estimate of drug-likeness (QED) is 0.174. The summed E-state index contributed by atoms with van der Waals surface area (Å²) < 4.78 is 10.8. The van der Waals surface area contributed by atoms with Crippen molar-refractivity contribution < 1.29 is 14.3 Å². The first-order chi connectivity index (χ1) is 22.0. The Bertz CT molecular complexity index is 1860. The zero-order chi connectivity index (χ0) is 31.2. The zero-order valence-corrected chi connectivity index (χ0v) is 25.3. The standard InChI is InChI=1S/C35H33N7O3/c1-4-25-13-15-36-19-29(25)32-17-26-18-33(40-35(43)31-14-16-38-41-31)37-20-30(26)34(39-32)42(21-23-5-9-27(44-2)10-6-23)22-24-7-11-28(45-3)12-8-24/h5-20H,4,21-22H2,1-3H3,(H,38,41)(H,37,40,43). The van der Waals surface area contributed by atoms with Gasteiger partial charge in [-0.2, -0.15) is 5.10 Å². The third-order valence-electron chi connectivity index (χ3n) is 7.62. The van der Waals surface area contributed by atoms with E-state index in [-0.39, 0.29) is 5.91 Å². The summed E-state index contributed by atoms with van der Waals surface area (Å²) >= 11 is 0. The van der Waals surface area contributed by atoms with Crippen molar-refractivity contribution in [2.75, 3.05) is 24.4 Å². The van der Waals surface area contributed by atoms with Crippen molar-refractivity contribution in [3.8, 4) is 22.8 Å². The Labute approximate surface area is 261 Å². The molecule has 2 aromatic carbocycles. The number of hydrogen-bond acceptors (Lipinski definition) is 8. The number of ether oxygens (including phenoxy) is 2. The number of aromatic nitrogens is 5. The van der Waals surface area contributed by atoms with Gasteiger partial charge in [0.15, 0.2) is 0 Å². The summed E-state index contributed by atoms with van der Waals surface area (Å²) in [7, 11) is 3.32. The molecule has 0 aliphatic heterocycles. The second-order valence-corrected chi connectivity index (χ2v) is 10.5. The number of carbonyl (C=O) groups is 1. The van der Waals surface area contributed by atoms with Gasteiger partial charge in [-0.3, -0.25) is 14.9 Å². The molecule has 2 N–H and O–H groups in total. The van der Waals surface area contributed by atoms with Crippen LogP contribution in [0.15, 0.2) is 97.6 Å². The topological polar surface area (TPSA) is 118 Å². The number of benzene rings is 2. The third kappa shape index (κ3) is 6.59. The van der Waals surface area contributed by atoms with Gasteiger partial charge in [0, 0.05) is 48.8 Å². The van der Waals surface area contributed by atoms with Crippen LogP contribution in [0.2, 0.25) is 0 Å². The lowest BCUT2D eigenvalue weighted by Crippen LogP contribution is -2.24. The van der Waals surface area contributed by atoms with Gasteiger partial charge in [-0.15, -0.1) is 0 Å². The average Bonchev–Trinajstić information content (AvgIpc) is 3.64. The van der Waals surface area contributed by atoms with Crippen molar-refractivity contribution in [1.82, 2.24) is 25.1 Å². The fourth-order valence-electron chi connectivity index (χ4n) is 5.22. The van der Waals surface area contributed by atoms with Gasteiger partial charge in [-0.05, 0) is 77.0 Å². The molecular weight excluding hydrogens is 566 g/mol. The lowest BCUT2D eigenvalue weighted by atomic mass is 10.0. The summed E-state index contributed by atoms with van der Waals surface area (Å²) in [6.07, 6.45) is 7.79. The molecule has 4 aromatic heterocycles. The molecule has 6 aromatic rings. The number of pyridine rings is 3. The van der Waals surface area contributed by atoms with E-state index >= 15 is 0 Å². The molecule has 0 atom stereocenters. The summed E-state index contributed by atoms with van der Waals surface area (Å²) in [6, 6.07) is 23.6. The van der Waals surface area contributed by atoms with Crippen molar-refractivity contribution in [2.45, 2.75) is 26.4 Å². The highest BCUT2D eigenvalue weighted by Gasteiger charge is 2.19. The third-order valence-corrected chi connectivity index (χ3v) is 7.62. The molecule has 4 heterocycles. The fraction of sp³-hybridized carbons (Fsp3) is 0.171. The number of nitrogens with one attached hydrogen (secondary N) is 2. The highest BCUT2D eigenvalue weighted by atomic mass is 16.5. The predicted octanol–water partition coefficient (Wildman–Crippen LogP) is 6.45. The molecular formula is C35H33N7O3. The molecule has 0 fully saturated rings. The molecule has 10 heteroatoms. The van der Waals surface area contributed by atoms with E-state index in [1.807, 2.05) is 48.7 Å². The van der Waals surface area contributed by atoms with Gasteiger partial charge < -0.3 is 19.7 Å². The van der Waals surface area contributed by atoms with E-state index in [4.69, 9.17) is 14.5 Å². The van der Waals surface area contributed by atoms with Gasteiger partial charge in [0.2, 0.25) is 0 Å². The highest BCUT2D eigenvalue weighted by Crippen LogP contribution is 2.34. The summed E-state index contributed by atoms with van der Waals surface area (Å²) in [6.45, 7) is 3.27. The molecule has 6 rings (SSSR count). The van der Waals surface area contributed by atoms with Crippen LogP contribution in [0.5, 0.6) is 11.5 Å². The van der Waals surface area contributed by atoms with Crippen LogP contribution in [0.25, 0.3) is 22.0 Å². The normalized spacial score (nSPS) is 10.9. The minimum atomic E-state index is -0.324. The number of aromatic amines is 1. The molecule has 45 heavy (non-hydrogen) atoms. The second kappa shape index (κ2) is 13.3. The van der Waals surface area contributed by atoms with Crippen molar-refractivity contribution in [3.63, 3.8) is 0 Å². The Morgan fingerprint density at radius 1 is 0.867 bits per heavy atom. The van der Waals surface area contributed by atoms with E-state index in [1.165, 1.54) is 6.20 Å². The number of nitrogens with zero attached hydrogens (tertiary/aromatic N) is 5. The van der Waals surface area contributed by atoms with Crippen molar-refractivity contribution in [1.29, 1.82) is 0 Å². The summed E-state index contributed by atoms with van der Waals surface area (Å²) in [5, 5.41) is 11.2. The predicted molar refractivity (Wildman–Crippen MR) is 175 cm³/mol. The van der Waals surface area contributed by atoms with E-state index in [1.54, 1.807) is 32.7 Å². The molecule has 1 amide bonds. The van der Waals surface area contributed by atoms with Crippen molar-refractivity contribution in [3.05, 3.63) is 120 Å². The van der Waals surface area contributed by atoms with Crippen LogP contribution in [0.3, 0.4) is 0 Å². The van der Waals surface area contributed by atoms with Crippen LogP contribution in [-0.2, 0) is 19.5 Å². The van der Waals surface area contributed by atoms with Crippen LogP contribution in [0.4, 0.5) is 11.6 Å². The largest absolute Gasteiger partial charge is 0.497 e. The molecule has 0 unspecified atom stereocenters. The Morgan fingerprint density at radius 3 is 2.16 bits per heavy atom. The first kappa shape index (κ1) is 29.3. The Kier molecular flexibility index (Phi) is 8.63. The molecule has 10 nitrogen and oxygen atoms in total. The smallest absolute Gasteiger partial charge is 0.274 e. The number of hydrogen-bond donors (Lipinski definition) is 2. The van der Waals surface area contributed by atoms with Gasteiger partial charge in [0.1, 0.15) is 28.8 Å². The summed E-state index contributed by atoms with van der Waals surface area (Å²) in [5.74, 6) is 2.45. The van der Waals surface area contributed by atoms with Crippen molar-refractivity contribution >= 4 is 28.3 Å². The minimum absolute atomic E-state index is 0.324. The van der Waals surface area contributed by atoms with Crippen LogP contribution < -0.4 is 19.7 Å². The number of H-pyrrole nitrogens is 1. The van der Waals surface area contributed by atoms with E-state index < -0.39 is 0 Å². The Hall–Kier alpha value is -5.77. The second-order valence-electron chi connectivity index (χ2n) is 10.5. The van der Waals surface area contributed by atoms with Crippen LogP contribution in [0.1, 0.15) is 34.1 Å². The minimum Gasteiger partial charge on any atom is -0.497 e. The van der Waals surface area contributed by atoms with Gasteiger partial charge in [-0.1, -0.05) is 31.2 Å². The van der Waals surface area contributed by atoms with Crippen molar-refractivity contribution in [2.24, 2.45) is 0 Å². The van der Waals surface area contributed by atoms with E-state index in [9.17, 15) is 4.79 Å². The number of anilines is 2. The number of rotatable bonds is 11. The van der Waals surface area contributed by atoms with Crippen LogP contribution in [0, 0.1) is 0 Å². The SMILES string of the molecule is CCc1ccncc1-c1cc2cc(NC(=O)c3ccn[nH]3)ncc2c(N(Cc2ccc(OC)cc2)Cc2ccc(OC)cc2)n1. The average molecular weight is 600 g/mol. The first-order valence-electron chi connectivity index (χ1n) is 14.6. The number of amides is 1. The first-order valence-corrected chi connectivity index (χ1v) is 14.6. The lowest BCUT2D eigenvalue weighted by molar-refractivity contribution is 0.102. The number of aryl methyl sites for hydroxylation is 1. The van der Waals surface area contributed by atoms with Gasteiger partial charge in [0.25, 0.3) is 5.91 Å². The lowest BCUT2D eigenvalue weighted by Gasteiger charge is -2.26. The van der Waals surface area contributed by atoms with Crippen LogP contribution in [-0.4, -0.2) is 45.3 Å². The zero-order valence-electron chi connectivity index (χ0n) is 25.3. The van der Waals surface area contributed by atoms with Gasteiger partial charge >= 0.3 is 0 Å². The number of fused-ring (bicyclic) bond motifs is 1. The van der Waals surface area contributed by atoms with Gasteiger partial charge in [0.05, 0.1) is 19.9 Å². The fourth-order valence-corrected chi connectivity index (χ4v) is 5.22. The molecule has 0 spiro atoms. The van der Waals surface area contributed by atoms with Gasteiger partial charge in [-0.25, -0.2) is 9.97 Å². The molecule has 0 bridgehead atoms. The van der Waals surface area contributed by atoms with E-state index in [0.717, 1.165) is 62.5 Å². The maximum atomic E-state index is 12.8. The maximum Gasteiger partial charge on any atom is 0.274 e. The van der Waals surface area contributed by atoms with E-state index in [2.05, 4.69) is 61.6 Å². The molecule has 0 aliphatic rings. The molecule has 0 aliphatic carbocycles. The van der Waals surface area contributed by atoms with Crippen LogP contribution >= 0.6 is 0 Å². The number of carbonyl (C=O) groups excluding carboxylic acids is 1. The maximum absolute atomic E-state index is 12.8. The molecule has 0 saturated heterocycles. The van der Waals surface area contributed by atoms with E-state index in [0.29, 0.717) is 24.6 Å². The Balaban J connectivity index is 1.49. The highest BCUT2D eigenvalue weighted by molar-refractivity contribution is 6.04. The Morgan fingerprint density at radius 2 is 1.56 bits per heavy atom. The molecule has 226 valence electrons. The summed E-state index contributed by atoms with van der Waals surface area (Å²) in [5.41, 5.74) is 5.42. The monoisotopic (exact) mass is 599 g/mol. The molecule has 0 saturated carbocycles.